The Morgan fingerprint density at radius 3 is 2.39 bits per heavy atom. The average Bonchev–Trinajstić information content (AvgIpc) is 2.75. The first kappa shape index (κ1) is 22.5. The van der Waals surface area contributed by atoms with Gasteiger partial charge in [0.2, 0.25) is 11.8 Å². The molecule has 7 nitrogen and oxygen atoms in total. The molecular formula is C24H29N3O4. The predicted octanol–water partition coefficient (Wildman–Crippen LogP) is 2.66. The fourth-order valence-corrected chi connectivity index (χ4v) is 3.75. The second-order valence-corrected chi connectivity index (χ2v) is 7.79. The highest BCUT2D eigenvalue weighted by Crippen LogP contribution is 2.21. The van der Waals surface area contributed by atoms with Crippen LogP contribution in [0.3, 0.4) is 0 Å². The number of amides is 2. The van der Waals surface area contributed by atoms with Gasteiger partial charge in [-0.1, -0.05) is 18.2 Å². The molecule has 3 rings (SSSR count). The number of Topliss-reactive ketones (excluding diaryl/α,β-unsaturated/α-hetero) is 1. The lowest BCUT2D eigenvalue weighted by Crippen LogP contribution is -2.46. The monoisotopic (exact) mass is 423 g/mol. The molecule has 1 heterocycles. The summed E-state index contributed by atoms with van der Waals surface area (Å²) in [4.78, 5) is 38.5. The topological polar surface area (TPSA) is 87.7 Å². The third kappa shape index (κ3) is 6.65. The van der Waals surface area contributed by atoms with Gasteiger partial charge in [0.05, 0.1) is 20.1 Å². The molecule has 2 aromatic rings. The van der Waals surface area contributed by atoms with E-state index in [1.165, 1.54) is 6.92 Å². The van der Waals surface area contributed by atoms with Crippen LogP contribution in [0.15, 0.2) is 48.5 Å². The number of carbonyl (C=O) groups excluding carboxylic acids is 3. The third-order valence-electron chi connectivity index (χ3n) is 5.42. The Bertz CT molecular complexity index is 922. The SMILES string of the molecule is COc1ccc(C(C)=O)cc1CC(=O)NC1CCN(CC(=O)Nc2ccccc2)CC1. The van der Waals surface area contributed by atoms with Crippen LogP contribution in [0.1, 0.15) is 35.7 Å². The number of rotatable bonds is 8. The van der Waals surface area contributed by atoms with E-state index in [1.807, 2.05) is 30.3 Å². The van der Waals surface area contributed by atoms with Crippen LogP contribution in [0, 0.1) is 0 Å². The fourth-order valence-electron chi connectivity index (χ4n) is 3.75. The maximum Gasteiger partial charge on any atom is 0.238 e. The van der Waals surface area contributed by atoms with Crippen molar-refractivity contribution in [3.8, 4) is 5.75 Å². The standard InChI is InChI=1S/C24H29N3O4/c1-17(28)18-8-9-22(31-2)19(14-18)15-23(29)25-21-10-12-27(13-11-21)16-24(30)26-20-6-4-3-5-7-20/h3-9,14,21H,10-13,15-16H2,1-2H3,(H,25,29)(H,26,30). The zero-order valence-electron chi connectivity index (χ0n) is 18.0. The first-order chi connectivity index (χ1) is 14.9. The fraction of sp³-hybridized carbons (Fsp3) is 0.375. The van der Waals surface area contributed by atoms with Crippen molar-refractivity contribution in [1.82, 2.24) is 10.2 Å². The van der Waals surface area contributed by atoms with Crippen LogP contribution < -0.4 is 15.4 Å². The molecule has 0 saturated carbocycles. The summed E-state index contributed by atoms with van der Waals surface area (Å²) >= 11 is 0. The van der Waals surface area contributed by atoms with Gasteiger partial charge in [0.25, 0.3) is 0 Å². The van der Waals surface area contributed by atoms with Crippen molar-refractivity contribution in [1.29, 1.82) is 0 Å². The van der Waals surface area contributed by atoms with Crippen molar-refractivity contribution < 1.29 is 19.1 Å². The van der Waals surface area contributed by atoms with Gasteiger partial charge in [0.1, 0.15) is 5.75 Å². The zero-order chi connectivity index (χ0) is 22.2. The van der Waals surface area contributed by atoms with Crippen LogP contribution >= 0.6 is 0 Å². The molecule has 1 aliphatic heterocycles. The van der Waals surface area contributed by atoms with E-state index in [-0.39, 0.29) is 30.1 Å². The van der Waals surface area contributed by atoms with E-state index in [2.05, 4.69) is 15.5 Å². The Morgan fingerprint density at radius 2 is 1.74 bits per heavy atom. The molecule has 0 atom stereocenters. The van der Waals surface area contributed by atoms with Gasteiger partial charge in [-0.15, -0.1) is 0 Å². The summed E-state index contributed by atoms with van der Waals surface area (Å²) in [6, 6.07) is 14.6. The van der Waals surface area contributed by atoms with Crippen molar-refractivity contribution in [3.05, 3.63) is 59.7 Å². The molecule has 0 unspecified atom stereocenters. The summed E-state index contributed by atoms with van der Waals surface area (Å²) in [5.41, 5.74) is 2.05. The quantitative estimate of drug-likeness (QED) is 0.638. The number of ether oxygens (including phenoxy) is 1. The summed E-state index contributed by atoms with van der Waals surface area (Å²) in [5, 5.41) is 5.97. The Morgan fingerprint density at radius 1 is 1.03 bits per heavy atom. The molecule has 2 amide bonds. The molecule has 31 heavy (non-hydrogen) atoms. The molecule has 2 aromatic carbocycles. The van der Waals surface area contributed by atoms with Crippen molar-refractivity contribution in [3.63, 3.8) is 0 Å². The lowest BCUT2D eigenvalue weighted by atomic mass is 10.0. The van der Waals surface area contributed by atoms with Crippen LogP contribution in [0.2, 0.25) is 0 Å². The summed E-state index contributed by atoms with van der Waals surface area (Å²) in [7, 11) is 1.55. The van der Waals surface area contributed by atoms with Gasteiger partial charge in [-0.2, -0.15) is 0 Å². The molecule has 7 heteroatoms. The number of hydrogen-bond donors (Lipinski definition) is 2. The second kappa shape index (κ2) is 10.7. The van der Waals surface area contributed by atoms with Gasteiger partial charge < -0.3 is 15.4 Å². The van der Waals surface area contributed by atoms with E-state index < -0.39 is 0 Å². The number of hydrogen-bond acceptors (Lipinski definition) is 5. The minimum Gasteiger partial charge on any atom is -0.496 e. The predicted molar refractivity (Wildman–Crippen MR) is 119 cm³/mol. The second-order valence-electron chi connectivity index (χ2n) is 7.79. The number of methoxy groups -OCH3 is 1. The van der Waals surface area contributed by atoms with E-state index in [9.17, 15) is 14.4 Å². The highest BCUT2D eigenvalue weighted by atomic mass is 16.5. The molecule has 0 aromatic heterocycles. The molecule has 0 bridgehead atoms. The number of nitrogens with zero attached hydrogens (tertiary/aromatic N) is 1. The van der Waals surface area contributed by atoms with Gasteiger partial charge in [-0.05, 0) is 50.1 Å². The van der Waals surface area contributed by atoms with Gasteiger partial charge in [0.15, 0.2) is 5.78 Å². The smallest absolute Gasteiger partial charge is 0.238 e. The molecule has 0 radical (unpaired) electrons. The van der Waals surface area contributed by atoms with E-state index in [4.69, 9.17) is 4.74 Å². The van der Waals surface area contributed by atoms with Crippen molar-refractivity contribution >= 4 is 23.3 Å². The van der Waals surface area contributed by atoms with Gasteiger partial charge in [0, 0.05) is 35.9 Å². The first-order valence-corrected chi connectivity index (χ1v) is 10.5. The number of ketones is 1. The summed E-state index contributed by atoms with van der Waals surface area (Å²) in [6.45, 7) is 3.33. The number of piperidine rings is 1. The largest absolute Gasteiger partial charge is 0.496 e. The van der Waals surface area contributed by atoms with Crippen molar-refractivity contribution in [2.75, 3.05) is 32.1 Å². The number of likely N-dealkylation sites (tertiary alicyclic amines) is 1. The number of nitrogens with one attached hydrogen (secondary N) is 2. The molecule has 1 fully saturated rings. The number of anilines is 1. The maximum absolute atomic E-state index is 12.6. The summed E-state index contributed by atoms with van der Waals surface area (Å²) in [6.07, 6.45) is 1.73. The van der Waals surface area contributed by atoms with E-state index in [1.54, 1.807) is 25.3 Å². The highest BCUT2D eigenvalue weighted by Gasteiger charge is 2.22. The molecule has 0 spiro atoms. The number of benzene rings is 2. The molecule has 2 N–H and O–H groups in total. The van der Waals surface area contributed by atoms with Gasteiger partial charge >= 0.3 is 0 Å². The van der Waals surface area contributed by atoms with E-state index in [0.29, 0.717) is 23.4 Å². The van der Waals surface area contributed by atoms with Crippen LogP contribution in [0.5, 0.6) is 5.75 Å². The molecular weight excluding hydrogens is 394 g/mol. The Balaban J connectivity index is 1.45. The molecule has 164 valence electrons. The lowest BCUT2D eigenvalue weighted by Gasteiger charge is -2.31. The Labute approximate surface area is 182 Å². The maximum atomic E-state index is 12.6. The van der Waals surface area contributed by atoms with Crippen molar-refractivity contribution in [2.24, 2.45) is 0 Å². The highest BCUT2D eigenvalue weighted by molar-refractivity contribution is 5.95. The molecule has 0 aliphatic carbocycles. The molecule has 1 aliphatic rings. The Hall–Kier alpha value is -3.19. The number of para-hydroxylation sites is 1. The third-order valence-corrected chi connectivity index (χ3v) is 5.42. The lowest BCUT2D eigenvalue weighted by molar-refractivity contribution is -0.122. The van der Waals surface area contributed by atoms with Gasteiger partial charge in [-0.25, -0.2) is 0 Å². The minimum absolute atomic E-state index is 0.0360. The summed E-state index contributed by atoms with van der Waals surface area (Å²) < 4.78 is 5.33. The van der Waals surface area contributed by atoms with Crippen LogP contribution in [0.25, 0.3) is 0 Å². The average molecular weight is 424 g/mol. The molecule has 1 saturated heterocycles. The zero-order valence-corrected chi connectivity index (χ0v) is 18.0. The van der Waals surface area contributed by atoms with Crippen molar-refractivity contribution in [2.45, 2.75) is 32.2 Å². The van der Waals surface area contributed by atoms with E-state index >= 15 is 0 Å². The normalized spacial score (nSPS) is 14.6. The minimum atomic E-state index is -0.0979. The first-order valence-electron chi connectivity index (χ1n) is 10.5. The van der Waals surface area contributed by atoms with E-state index in [0.717, 1.165) is 31.6 Å². The van der Waals surface area contributed by atoms with Gasteiger partial charge in [-0.3, -0.25) is 19.3 Å². The Kier molecular flexibility index (Phi) is 7.78. The van der Waals surface area contributed by atoms with Crippen LogP contribution in [0.4, 0.5) is 5.69 Å². The van der Waals surface area contributed by atoms with Crippen LogP contribution in [-0.2, 0) is 16.0 Å². The summed E-state index contributed by atoms with van der Waals surface area (Å²) in [5.74, 6) is 0.415. The number of carbonyl (C=O) groups is 3. The van der Waals surface area contributed by atoms with Crippen LogP contribution in [-0.4, -0.2) is 55.3 Å².